The number of halogens is 3. The van der Waals surface area contributed by atoms with Crippen molar-refractivity contribution < 1.29 is 9.53 Å². The van der Waals surface area contributed by atoms with Gasteiger partial charge in [0.15, 0.2) is 5.82 Å². The number of hydrogen-bond donors (Lipinski definition) is 1. The number of carbonyl (C=O) groups is 1. The van der Waals surface area contributed by atoms with Crippen molar-refractivity contribution in [1.82, 2.24) is 15.1 Å². The van der Waals surface area contributed by atoms with E-state index in [-0.39, 0.29) is 36.8 Å². The molecule has 10 heteroatoms. The molecule has 1 fully saturated rings. The third-order valence-corrected chi connectivity index (χ3v) is 5.02. The lowest BCUT2D eigenvalue weighted by Gasteiger charge is -2.38. The fraction of sp³-hybridized carbons (Fsp3) is 0.389. The summed E-state index contributed by atoms with van der Waals surface area (Å²) in [6, 6.07) is 7.00. The Morgan fingerprint density at radius 1 is 1.39 bits per heavy atom. The minimum atomic E-state index is -0.144. The van der Waals surface area contributed by atoms with Crippen LogP contribution in [-0.2, 0) is 0 Å². The van der Waals surface area contributed by atoms with Crippen molar-refractivity contribution in [3.63, 3.8) is 0 Å². The molecule has 0 spiro atoms. The number of rotatable bonds is 4. The molecule has 1 aromatic carbocycles. The van der Waals surface area contributed by atoms with Crippen LogP contribution in [0.5, 0.6) is 5.75 Å². The topological polar surface area (TPSA) is 84.6 Å². The van der Waals surface area contributed by atoms with Crippen LogP contribution in [-0.4, -0.2) is 54.3 Å². The summed E-state index contributed by atoms with van der Waals surface area (Å²) in [5, 5.41) is 8.45. The Morgan fingerprint density at radius 2 is 2.14 bits per heavy atom. The molecular weight excluding hydrogens is 425 g/mol. The maximum atomic E-state index is 13.0. The van der Waals surface area contributed by atoms with Gasteiger partial charge in [-0.25, -0.2) is 0 Å². The van der Waals surface area contributed by atoms with Crippen molar-refractivity contribution in [2.45, 2.75) is 18.9 Å². The molecule has 154 valence electrons. The number of ether oxygens (including phenoxy) is 1. The Hall–Kier alpha value is -1.96. The van der Waals surface area contributed by atoms with Crippen LogP contribution in [0.1, 0.15) is 23.2 Å². The highest BCUT2D eigenvalue weighted by Crippen LogP contribution is 2.30. The summed E-state index contributed by atoms with van der Waals surface area (Å²) < 4.78 is 5.32. The molecule has 2 heterocycles. The molecule has 2 aromatic rings. The summed E-state index contributed by atoms with van der Waals surface area (Å²) in [6.07, 6.45) is 3.54. The molecule has 0 saturated carbocycles. The average molecular weight is 449 g/mol. The number of hydrogen-bond acceptors (Lipinski definition) is 6. The van der Waals surface area contributed by atoms with E-state index in [0.717, 1.165) is 25.2 Å². The summed E-state index contributed by atoms with van der Waals surface area (Å²) in [5.41, 5.74) is 6.60. The predicted molar refractivity (Wildman–Crippen MR) is 116 cm³/mol. The van der Waals surface area contributed by atoms with Crippen LogP contribution in [0.2, 0.25) is 5.02 Å². The van der Waals surface area contributed by atoms with Crippen molar-refractivity contribution >= 4 is 53.8 Å². The number of piperidine rings is 1. The van der Waals surface area contributed by atoms with Crippen LogP contribution in [0.25, 0.3) is 0 Å². The van der Waals surface area contributed by atoms with E-state index in [0.29, 0.717) is 28.6 Å². The van der Waals surface area contributed by atoms with Crippen LogP contribution >= 0.6 is 36.4 Å². The quantitative estimate of drug-likeness (QED) is 0.722. The summed E-state index contributed by atoms with van der Waals surface area (Å²) >= 11 is 6.11. The van der Waals surface area contributed by atoms with E-state index >= 15 is 0 Å². The van der Waals surface area contributed by atoms with E-state index < -0.39 is 0 Å². The van der Waals surface area contributed by atoms with E-state index in [9.17, 15) is 4.79 Å². The highest BCUT2D eigenvalue weighted by atomic mass is 35.5. The monoisotopic (exact) mass is 447 g/mol. The summed E-state index contributed by atoms with van der Waals surface area (Å²) in [4.78, 5) is 16.9. The molecule has 1 aliphatic rings. The fourth-order valence-corrected chi connectivity index (χ4v) is 3.37. The second-order valence-electron chi connectivity index (χ2n) is 6.31. The first kappa shape index (κ1) is 24.1. The van der Waals surface area contributed by atoms with E-state index in [1.165, 1.54) is 7.11 Å². The maximum Gasteiger partial charge on any atom is 0.257 e. The molecule has 1 saturated heterocycles. The van der Waals surface area contributed by atoms with Crippen LogP contribution in [0.4, 0.5) is 11.5 Å². The van der Waals surface area contributed by atoms with Crippen molar-refractivity contribution in [2.24, 2.45) is 0 Å². The van der Waals surface area contributed by atoms with Crippen molar-refractivity contribution in [2.75, 3.05) is 37.9 Å². The zero-order chi connectivity index (χ0) is 18.7. The van der Waals surface area contributed by atoms with Gasteiger partial charge in [-0.3, -0.25) is 4.79 Å². The van der Waals surface area contributed by atoms with Gasteiger partial charge in [0.05, 0.1) is 23.4 Å². The number of nitrogens with zero attached hydrogens (tertiary/aromatic N) is 4. The Balaban J connectivity index is 0.00000196. The molecule has 0 radical (unpaired) electrons. The van der Waals surface area contributed by atoms with Gasteiger partial charge < -0.3 is 20.3 Å². The second kappa shape index (κ2) is 10.5. The number of aromatic nitrogens is 2. The lowest BCUT2D eigenvalue weighted by atomic mass is 10.0. The SMILES string of the molecule is COc1cc(N)c(Cl)cc1C(=O)N(C)C1CCCN(c2cccnn2)C1.Cl.Cl. The average Bonchev–Trinajstić information content (AvgIpc) is 2.69. The second-order valence-corrected chi connectivity index (χ2v) is 6.72. The Bertz CT molecular complexity index is 794. The standard InChI is InChI=1S/C18H22ClN5O2.2ClH/c1-23(18(25)13-9-14(19)15(20)10-16(13)26-2)12-5-4-8-24(11-12)17-6-3-7-21-22-17;;/h3,6-7,9-10,12H,4-5,8,11,20H2,1-2H3;2*1H. The molecule has 0 bridgehead atoms. The van der Waals surface area contributed by atoms with E-state index in [1.807, 2.05) is 12.1 Å². The lowest BCUT2D eigenvalue weighted by Crippen LogP contribution is -2.49. The first-order chi connectivity index (χ1) is 12.5. The zero-order valence-corrected chi connectivity index (χ0v) is 18.1. The predicted octanol–water partition coefficient (Wildman–Crippen LogP) is 3.31. The smallest absolute Gasteiger partial charge is 0.257 e. The molecule has 1 aromatic heterocycles. The number of benzene rings is 1. The van der Waals surface area contributed by atoms with Crippen LogP contribution in [0.3, 0.4) is 0 Å². The van der Waals surface area contributed by atoms with E-state index in [4.69, 9.17) is 22.1 Å². The number of nitrogens with two attached hydrogens (primary N) is 1. The van der Waals surface area contributed by atoms with Crippen LogP contribution in [0.15, 0.2) is 30.5 Å². The summed E-state index contributed by atoms with van der Waals surface area (Å²) in [7, 11) is 3.31. The normalized spacial score (nSPS) is 15.8. The lowest BCUT2D eigenvalue weighted by molar-refractivity contribution is 0.0714. The van der Waals surface area contributed by atoms with Crippen LogP contribution in [0, 0.1) is 0 Å². The fourth-order valence-electron chi connectivity index (χ4n) is 3.20. The van der Waals surface area contributed by atoms with Crippen LogP contribution < -0.4 is 15.4 Å². The number of likely N-dealkylation sites (N-methyl/N-ethyl adjacent to an activating group) is 1. The number of anilines is 2. The van der Waals surface area contributed by atoms with Gasteiger partial charge in [0.25, 0.3) is 5.91 Å². The third-order valence-electron chi connectivity index (χ3n) is 4.70. The first-order valence-electron chi connectivity index (χ1n) is 8.44. The maximum absolute atomic E-state index is 13.0. The van der Waals surface area contributed by atoms with Gasteiger partial charge in [0.2, 0.25) is 0 Å². The Labute approximate surface area is 182 Å². The first-order valence-corrected chi connectivity index (χ1v) is 8.82. The Kier molecular flexibility index (Phi) is 9.07. The largest absolute Gasteiger partial charge is 0.496 e. The number of nitrogen functional groups attached to an aromatic ring is 1. The molecule has 1 unspecified atom stereocenters. The van der Waals surface area contributed by atoms with Gasteiger partial charge >= 0.3 is 0 Å². The highest BCUT2D eigenvalue weighted by Gasteiger charge is 2.29. The third kappa shape index (κ3) is 5.10. The van der Waals surface area contributed by atoms with Gasteiger partial charge in [0, 0.05) is 38.4 Å². The Morgan fingerprint density at radius 3 is 2.79 bits per heavy atom. The highest BCUT2D eigenvalue weighted by molar-refractivity contribution is 6.33. The number of carbonyl (C=O) groups excluding carboxylic acids is 1. The number of methoxy groups -OCH3 is 1. The van der Waals surface area contributed by atoms with Crippen molar-refractivity contribution in [3.8, 4) is 5.75 Å². The van der Waals surface area contributed by atoms with Crippen molar-refractivity contribution in [3.05, 3.63) is 41.0 Å². The van der Waals surface area contributed by atoms with Gasteiger partial charge in [-0.2, -0.15) is 5.10 Å². The van der Waals surface area contributed by atoms with E-state index in [1.54, 1.807) is 30.3 Å². The molecule has 1 amide bonds. The molecule has 1 aliphatic heterocycles. The van der Waals surface area contributed by atoms with Gasteiger partial charge in [-0.1, -0.05) is 11.6 Å². The van der Waals surface area contributed by atoms with Gasteiger partial charge in [0.1, 0.15) is 5.75 Å². The molecule has 28 heavy (non-hydrogen) atoms. The molecule has 3 rings (SSSR count). The van der Waals surface area contributed by atoms with E-state index in [2.05, 4.69) is 15.1 Å². The molecular formula is C18H24Cl3N5O2. The zero-order valence-electron chi connectivity index (χ0n) is 15.7. The van der Waals surface area contributed by atoms with Crippen molar-refractivity contribution in [1.29, 1.82) is 0 Å². The van der Waals surface area contributed by atoms with Gasteiger partial charge in [-0.15, -0.1) is 29.9 Å². The molecule has 1 atom stereocenters. The van der Waals surface area contributed by atoms with Gasteiger partial charge in [-0.05, 0) is 31.0 Å². The molecule has 7 nitrogen and oxygen atoms in total. The summed E-state index contributed by atoms with van der Waals surface area (Å²) in [5.74, 6) is 1.10. The minimum absolute atomic E-state index is 0. The molecule has 0 aliphatic carbocycles. The molecule has 2 N–H and O–H groups in total. The summed E-state index contributed by atoms with van der Waals surface area (Å²) in [6.45, 7) is 1.60. The minimum Gasteiger partial charge on any atom is -0.496 e. The number of amides is 1.